The van der Waals surface area contributed by atoms with Gasteiger partial charge in [-0.25, -0.2) is 4.79 Å². The monoisotopic (exact) mass is 475 g/mol. The van der Waals surface area contributed by atoms with E-state index in [1.54, 1.807) is 42.6 Å². The van der Waals surface area contributed by atoms with Gasteiger partial charge >= 0.3 is 5.97 Å². The van der Waals surface area contributed by atoms with E-state index in [4.69, 9.17) is 27.9 Å². The molecule has 0 spiro atoms. The van der Waals surface area contributed by atoms with Gasteiger partial charge in [-0.05, 0) is 41.0 Å². The number of carboxylic acids is 1. The van der Waals surface area contributed by atoms with Crippen LogP contribution in [0.2, 0.25) is 10.0 Å². The molecule has 0 aliphatic carbocycles. The van der Waals surface area contributed by atoms with Crippen LogP contribution in [0, 0.1) is 0 Å². The first kappa shape index (κ1) is 23.2. The number of aromatic nitrogens is 1. The third kappa shape index (κ3) is 6.48. The lowest BCUT2D eigenvalue weighted by molar-refractivity contribution is -0.136. The molecule has 0 amide bonds. The number of rotatable bonds is 9. The van der Waals surface area contributed by atoms with Gasteiger partial charge in [0.25, 0.3) is 0 Å². The summed E-state index contributed by atoms with van der Waals surface area (Å²) in [4.78, 5) is 16.0. The Labute approximate surface area is 193 Å². The molecule has 0 aliphatic heterocycles. The van der Waals surface area contributed by atoms with E-state index >= 15 is 0 Å². The Morgan fingerprint density at radius 1 is 1.03 bits per heavy atom. The van der Waals surface area contributed by atoms with E-state index in [0.29, 0.717) is 27.1 Å². The molecule has 0 saturated carbocycles. The largest absolute Gasteiger partial charge is 0.611 e. The zero-order valence-corrected chi connectivity index (χ0v) is 18.7. The lowest BCUT2D eigenvalue weighted by atomic mass is 10.1. The van der Waals surface area contributed by atoms with Gasteiger partial charge in [0.2, 0.25) is 5.76 Å². The van der Waals surface area contributed by atoms with Crippen molar-refractivity contribution in [1.82, 2.24) is 4.98 Å². The number of aliphatic carboxylic acids is 1. The Hall–Kier alpha value is -2.51. The molecule has 8 heteroatoms. The summed E-state index contributed by atoms with van der Waals surface area (Å²) in [6, 6.07) is 17.7. The molecule has 0 aliphatic rings. The Balaban J connectivity index is 1.69. The van der Waals surface area contributed by atoms with Crippen molar-refractivity contribution in [3.05, 3.63) is 99.5 Å². The Kier molecular flexibility index (Phi) is 8.37. The highest BCUT2D eigenvalue weighted by molar-refractivity contribution is 7.90. The van der Waals surface area contributed by atoms with E-state index in [0.717, 1.165) is 11.1 Å². The summed E-state index contributed by atoms with van der Waals surface area (Å²) in [5.41, 5.74) is 2.25. The fraction of sp³-hybridized carbons (Fsp3) is 0.130. The van der Waals surface area contributed by atoms with Crippen LogP contribution in [-0.2, 0) is 32.9 Å². The van der Waals surface area contributed by atoms with Crippen molar-refractivity contribution < 1.29 is 19.2 Å². The van der Waals surface area contributed by atoms with Crippen molar-refractivity contribution in [2.45, 2.75) is 17.1 Å². The van der Waals surface area contributed by atoms with Crippen LogP contribution < -0.4 is 0 Å². The van der Waals surface area contributed by atoms with Crippen molar-refractivity contribution in [2.75, 3.05) is 6.61 Å². The van der Waals surface area contributed by atoms with Gasteiger partial charge in [-0.1, -0.05) is 59.6 Å². The standard InChI is InChI=1S/C23H19Cl2NO4S/c24-19-9-5-10-20(25)22(19)31(29)15-17-7-2-1-6-16(17)11-13-30-21(23(27)28)14-18-8-3-4-12-26-18/h1-10,12,14H,11,13,15H2,(H,27,28). The Morgan fingerprint density at radius 3 is 2.35 bits per heavy atom. The number of ether oxygens (including phenoxy) is 1. The number of carbonyl (C=O) groups is 1. The lowest BCUT2D eigenvalue weighted by Gasteiger charge is -2.15. The van der Waals surface area contributed by atoms with Crippen LogP contribution in [0.4, 0.5) is 0 Å². The average molecular weight is 476 g/mol. The molecule has 31 heavy (non-hydrogen) atoms. The van der Waals surface area contributed by atoms with Crippen LogP contribution in [0.25, 0.3) is 6.08 Å². The van der Waals surface area contributed by atoms with Crippen molar-refractivity contribution >= 4 is 46.4 Å². The predicted octanol–water partition coefficient (Wildman–Crippen LogP) is 5.38. The lowest BCUT2D eigenvalue weighted by Crippen LogP contribution is -2.11. The summed E-state index contributed by atoms with van der Waals surface area (Å²) >= 11 is 10.9. The maximum atomic E-state index is 12.9. The maximum Gasteiger partial charge on any atom is 0.371 e. The summed E-state index contributed by atoms with van der Waals surface area (Å²) < 4.78 is 18.4. The molecule has 1 aromatic heterocycles. The summed E-state index contributed by atoms with van der Waals surface area (Å²) in [6.45, 7) is 0.140. The SMILES string of the molecule is O=C(O)C(=Cc1ccccn1)OCCc1ccccc1C[S+]([O-])c1c(Cl)cccc1Cl. The molecule has 0 fully saturated rings. The number of carboxylic acid groups (broad SMARTS) is 1. The quantitative estimate of drug-likeness (QED) is 0.255. The molecule has 1 unspecified atom stereocenters. The highest BCUT2D eigenvalue weighted by atomic mass is 35.5. The van der Waals surface area contributed by atoms with Crippen molar-refractivity contribution in [3.8, 4) is 0 Å². The highest BCUT2D eigenvalue weighted by Crippen LogP contribution is 2.32. The van der Waals surface area contributed by atoms with Crippen molar-refractivity contribution in [1.29, 1.82) is 0 Å². The Bertz CT molecular complexity index is 1060. The molecule has 160 valence electrons. The molecule has 5 nitrogen and oxygen atoms in total. The molecule has 1 N–H and O–H groups in total. The first-order valence-corrected chi connectivity index (χ1v) is 11.4. The molecule has 3 rings (SSSR count). The van der Waals surface area contributed by atoms with E-state index in [2.05, 4.69) is 4.98 Å². The number of halogens is 2. The zero-order valence-electron chi connectivity index (χ0n) is 16.3. The fourth-order valence-electron chi connectivity index (χ4n) is 2.89. The van der Waals surface area contributed by atoms with Gasteiger partial charge in [-0.2, -0.15) is 0 Å². The number of hydrogen-bond acceptors (Lipinski definition) is 4. The van der Waals surface area contributed by atoms with Crippen LogP contribution in [-0.4, -0.2) is 27.2 Å². The van der Waals surface area contributed by atoms with E-state index in [1.807, 2.05) is 24.3 Å². The van der Waals surface area contributed by atoms with Gasteiger partial charge in [0.15, 0.2) is 4.90 Å². The number of pyridine rings is 1. The van der Waals surface area contributed by atoms with E-state index in [-0.39, 0.29) is 18.1 Å². The summed E-state index contributed by atoms with van der Waals surface area (Å²) in [5.74, 6) is -1.13. The van der Waals surface area contributed by atoms with Crippen LogP contribution in [0.1, 0.15) is 16.8 Å². The van der Waals surface area contributed by atoms with Crippen molar-refractivity contribution in [2.24, 2.45) is 0 Å². The van der Waals surface area contributed by atoms with Crippen LogP contribution in [0.15, 0.2) is 77.5 Å². The van der Waals surface area contributed by atoms with E-state index in [9.17, 15) is 14.5 Å². The van der Waals surface area contributed by atoms with Gasteiger partial charge in [-0.3, -0.25) is 4.98 Å². The summed E-state index contributed by atoms with van der Waals surface area (Å²) in [6.07, 6.45) is 3.39. The summed E-state index contributed by atoms with van der Waals surface area (Å²) in [5, 5.41) is 10.1. The minimum atomic E-state index is -1.43. The molecule has 0 saturated heterocycles. The minimum absolute atomic E-state index is 0.140. The second-order valence-electron chi connectivity index (χ2n) is 6.48. The molecule has 3 aromatic rings. The van der Waals surface area contributed by atoms with Gasteiger partial charge in [0.05, 0.1) is 22.3 Å². The van der Waals surface area contributed by atoms with Crippen LogP contribution in [0.5, 0.6) is 0 Å². The second-order valence-corrected chi connectivity index (χ2v) is 8.68. The van der Waals surface area contributed by atoms with Crippen LogP contribution >= 0.6 is 23.2 Å². The Morgan fingerprint density at radius 2 is 1.71 bits per heavy atom. The predicted molar refractivity (Wildman–Crippen MR) is 123 cm³/mol. The molecular formula is C23H19Cl2NO4S. The topological polar surface area (TPSA) is 82.5 Å². The minimum Gasteiger partial charge on any atom is -0.611 e. The number of nitrogens with zero attached hydrogens (tertiary/aromatic N) is 1. The van der Waals surface area contributed by atoms with Gasteiger partial charge in [0.1, 0.15) is 5.75 Å². The zero-order chi connectivity index (χ0) is 22.2. The fourth-order valence-corrected chi connectivity index (χ4v) is 5.08. The first-order valence-electron chi connectivity index (χ1n) is 9.33. The smallest absolute Gasteiger partial charge is 0.371 e. The molecular weight excluding hydrogens is 457 g/mol. The van der Waals surface area contributed by atoms with E-state index in [1.165, 1.54) is 6.08 Å². The normalized spacial score (nSPS) is 12.4. The van der Waals surface area contributed by atoms with Gasteiger partial charge in [0, 0.05) is 24.3 Å². The highest BCUT2D eigenvalue weighted by Gasteiger charge is 2.21. The second kappa shape index (κ2) is 11.2. The van der Waals surface area contributed by atoms with Gasteiger partial charge < -0.3 is 14.4 Å². The first-order chi connectivity index (χ1) is 15.0. The third-order valence-corrected chi connectivity index (χ3v) is 6.68. The average Bonchev–Trinajstić information content (AvgIpc) is 2.74. The van der Waals surface area contributed by atoms with Crippen LogP contribution in [0.3, 0.4) is 0 Å². The summed E-state index contributed by atoms with van der Waals surface area (Å²) in [7, 11) is 0. The third-order valence-electron chi connectivity index (χ3n) is 4.36. The molecule has 0 bridgehead atoms. The van der Waals surface area contributed by atoms with Gasteiger partial charge in [-0.15, -0.1) is 0 Å². The van der Waals surface area contributed by atoms with Crippen molar-refractivity contribution in [3.63, 3.8) is 0 Å². The number of hydrogen-bond donors (Lipinski definition) is 1. The van der Waals surface area contributed by atoms with E-state index < -0.39 is 17.1 Å². The maximum absolute atomic E-state index is 12.9. The molecule has 0 radical (unpaired) electrons. The number of benzene rings is 2. The molecule has 1 atom stereocenters. The molecule has 1 heterocycles. The molecule has 2 aromatic carbocycles.